The predicted molar refractivity (Wildman–Crippen MR) is 84.3 cm³/mol. The molecule has 2 N–H and O–H groups in total. The van der Waals surface area contributed by atoms with Crippen LogP contribution in [0.15, 0.2) is 18.2 Å². The number of nitrogens with zero attached hydrogens (tertiary/aromatic N) is 1. The van der Waals surface area contributed by atoms with Gasteiger partial charge < -0.3 is 24.7 Å². The van der Waals surface area contributed by atoms with E-state index in [4.69, 9.17) is 9.47 Å². The maximum absolute atomic E-state index is 10.1. The average Bonchev–Trinajstić information content (AvgIpc) is 2.49. The van der Waals surface area contributed by atoms with E-state index < -0.39 is 11.2 Å². The van der Waals surface area contributed by atoms with Crippen LogP contribution in [0, 0.1) is 17.0 Å². The lowest BCUT2D eigenvalue weighted by Crippen LogP contribution is -2.35. The molecule has 0 saturated heterocycles. The number of aliphatic hydroxyl groups is 1. The summed E-state index contributed by atoms with van der Waals surface area (Å²) in [6, 6.07) is 5.57. The average molecular weight is 328 g/mol. The molecule has 1 atom stereocenters. The molecular formula is C15H24N2O6. The monoisotopic (exact) mass is 328 g/mol. The molecule has 8 nitrogen and oxygen atoms in total. The van der Waals surface area contributed by atoms with E-state index in [-0.39, 0.29) is 19.8 Å². The van der Waals surface area contributed by atoms with E-state index in [0.717, 1.165) is 5.56 Å². The van der Waals surface area contributed by atoms with Crippen LogP contribution >= 0.6 is 0 Å². The normalized spacial score (nSPS) is 12.0. The molecule has 0 saturated carbocycles. The highest BCUT2D eigenvalue weighted by molar-refractivity contribution is 5.39. The minimum atomic E-state index is -0.859. The second-order valence-corrected chi connectivity index (χ2v) is 5.36. The highest BCUT2D eigenvalue weighted by atomic mass is 17.0. The molecule has 1 rings (SSSR count). The zero-order chi connectivity index (χ0) is 17.2. The molecular weight excluding hydrogens is 304 g/mol. The minimum Gasteiger partial charge on any atom is -0.491 e. The van der Waals surface area contributed by atoms with E-state index >= 15 is 0 Å². The zero-order valence-electron chi connectivity index (χ0n) is 13.7. The van der Waals surface area contributed by atoms with E-state index in [9.17, 15) is 15.2 Å². The second kappa shape index (κ2) is 9.86. The molecule has 0 heterocycles. The third-order valence-corrected chi connectivity index (χ3v) is 2.90. The van der Waals surface area contributed by atoms with Crippen LogP contribution in [0.2, 0.25) is 0 Å². The quantitative estimate of drug-likeness (QED) is 0.359. The molecule has 0 bridgehead atoms. The Labute approximate surface area is 135 Å². The van der Waals surface area contributed by atoms with Gasteiger partial charge in [-0.2, -0.15) is 0 Å². The second-order valence-electron chi connectivity index (χ2n) is 5.36. The van der Waals surface area contributed by atoms with Crippen molar-refractivity contribution in [3.05, 3.63) is 33.9 Å². The first-order valence-electron chi connectivity index (χ1n) is 7.43. The molecule has 1 unspecified atom stereocenters. The summed E-state index contributed by atoms with van der Waals surface area (Å²) in [4.78, 5) is 14.2. The Morgan fingerprint density at radius 2 is 2.04 bits per heavy atom. The molecule has 0 aliphatic heterocycles. The number of aryl methyl sites for hydroxylation is 1. The third-order valence-electron chi connectivity index (χ3n) is 2.90. The number of hydrogen-bond acceptors (Lipinski definition) is 7. The summed E-state index contributed by atoms with van der Waals surface area (Å²) in [5, 5.41) is 22.1. The molecule has 0 fully saturated rings. The number of rotatable bonds is 11. The van der Waals surface area contributed by atoms with Gasteiger partial charge in [-0.25, -0.2) is 0 Å². The van der Waals surface area contributed by atoms with Gasteiger partial charge >= 0.3 is 0 Å². The van der Waals surface area contributed by atoms with Gasteiger partial charge in [0.1, 0.15) is 37.4 Å². The van der Waals surface area contributed by atoms with Gasteiger partial charge in [0.15, 0.2) is 0 Å². The Bertz CT molecular complexity index is 495. The number of benzene rings is 1. The van der Waals surface area contributed by atoms with Gasteiger partial charge in [-0.3, -0.25) is 0 Å². The van der Waals surface area contributed by atoms with Crippen LogP contribution in [0.25, 0.3) is 0 Å². The highest BCUT2D eigenvalue weighted by Gasteiger charge is 2.08. The van der Waals surface area contributed by atoms with Crippen LogP contribution in [-0.2, 0) is 4.84 Å². The van der Waals surface area contributed by atoms with Gasteiger partial charge in [0.25, 0.3) is 5.09 Å². The van der Waals surface area contributed by atoms with Crippen LogP contribution in [0.1, 0.15) is 19.4 Å². The summed E-state index contributed by atoms with van der Waals surface area (Å²) in [6.45, 7) is 6.38. The van der Waals surface area contributed by atoms with Crippen molar-refractivity contribution in [2.45, 2.75) is 32.9 Å². The van der Waals surface area contributed by atoms with Crippen LogP contribution in [0.3, 0.4) is 0 Å². The first-order valence-corrected chi connectivity index (χ1v) is 7.43. The molecule has 0 aromatic heterocycles. The van der Waals surface area contributed by atoms with Crippen LogP contribution < -0.4 is 14.8 Å². The molecule has 0 amide bonds. The first kappa shape index (κ1) is 19.0. The Morgan fingerprint density at radius 3 is 2.70 bits per heavy atom. The fourth-order valence-electron chi connectivity index (χ4n) is 1.71. The maximum atomic E-state index is 10.1. The van der Waals surface area contributed by atoms with E-state index in [0.29, 0.717) is 24.1 Å². The van der Waals surface area contributed by atoms with Crippen molar-refractivity contribution in [2.24, 2.45) is 0 Å². The Balaban J connectivity index is 2.44. The van der Waals surface area contributed by atoms with Crippen LogP contribution in [-0.4, -0.2) is 48.7 Å². The number of nitrogens with one attached hydrogen (secondary N) is 1. The van der Waals surface area contributed by atoms with Gasteiger partial charge in [0.05, 0.1) is 0 Å². The standard InChI is InChI=1S/C15H24N2O6/c1-11(2)16-9-13(18)10-22-14-5-4-12(3)15(8-14)21-6-7-23-17(19)20/h4-5,8,11,13,16,18H,6-7,9-10H2,1-3H3. The Morgan fingerprint density at radius 1 is 1.30 bits per heavy atom. The summed E-state index contributed by atoms with van der Waals surface area (Å²) in [6.07, 6.45) is -0.614. The molecule has 0 spiro atoms. The minimum absolute atomic E-state index is 0.0617. The smallest absolute Gasteiger partial charge is 0.294 e. The maximum Gasteiger partial charge on any atom is 0.294 e. The van der Waals surface area contributed by atoms with Crippen molar-refractivity contribution in [2.75, 3.05) is 26.4 Å². The van der Waals surface area contributed by atoms with Crippen molar-refractivity contribution < 1.29 is 24.5 Å². The zero-order valence-corrected chi connectivity index (χ0v) is 13.7. The van der Waals surface area contributed by atoms with Crippen LogP contribution in [0.5, 0.6) is 11.5 Å². The Hall–Kier alpha value is -2.06. The van der Waals surface area contributed by atoms with Gasteiger partial charge in [-0.05, 0) is 18.6 Å². The van der Waals surface area contributed by atoms with Crippen molar-refractivity contribution in [1.82, 2.24) is 5.32 Å². The fourth-order valence-corrected chi connectivity index (χ4v) is 1.71. The molecule has 8 heteroatoms. The van der Waals surface area contributed by atoms with E-state index in [1.807, 2.05) is 26.8 Å². The molecule has 23 heavy (non-hydrogen) atoms. The molecule has 0 aliphatic rings. The summed E-state index contributed by atoms with van der Waals surface area (Å²) in [5.41, 5.74) is 0.875. The van der Waals surface area contributed by atoms with Gasteiger partial charge in [0.2, 0.25) is 0 Å². The van der Waals surface area contributed by atoms with Gasteiger partial charge in [-0.15, -0.1) is 10.1 Å². The third kappa shape index (κ3) is 8.22. The van der Waals surface area contributed by atoms with Crippen molar-refractivity contribution in [1.29, 1.82) is 0 Å². The topological polar surface area (TPSA) is 103 Å². The number of hydrogen-bond donors (Lipinski definition) is 2. The van der Waals surface area contributed by atoms with E-state index in [2.05, 4.69) is 10.2 Å². The SMILES string of the molecule is Cc1ccc(OCC(O)CNC(C)C)cc1OCCO[N+](=O)[O-]. The number of aliphatic hydroxyl groups excluding tert-OH is 1. The van der Waals surface area contributed by atoms with Gasteiger partial charge in [0, 0.05) is 18.7 Å². The largest absolute Gasteiger partial charge is 0.491 e. The predicted octanol–water partition coefficient (Wildman–Crippen LogP) is 1.32. The van der Waals surface area contributed by atoms with Crippen molar-refractivity contribution >= 4 is 0 Å². The summed E-state index contributed by atoms with van der Waals surface area (Å²) in [5.74, 6) is 1.12. The number of ether oxygens (including phenoxy) is 2. The summed E-state index contributed by atoms with van der Waals surface area (Å²) >= 11 is 0. The van der Waals surface area contributed by atoms with Gasteiger partial charge in [-0.1, -0.05) is 19.9 Å². The molecule has 0 aliphatic carbocycles. The van der Waals surface area contributed by atoms with Crippen molar-refractivity contribution in [3.8, 4) is 11.5 Å². The van der Waals surface area contributed by atoms with E-state index in [1.54, 1.807) is 12.1 Å². The molecule has 1 aromatic carbocycles. The fraction of sp³-hybridized carbons (Fsp3) is 0.600. The molecule has 1 aromatic rings. The molecule has 130 valence electrons. The first-order chi connectivity index (χ1) is 10.9. The Kier molecular flexibility index (Phi) is 8.14. The van der Waals surface area contributed by atoms with Crippen LogP contribution in [0.4, 0.5) is 0 Å². The van der Waals surface area contributed by atoms with Crippen molar-refractivity contribution in [3.63, 3.8) is 0 Å². The lowest BCUT2D eigenvalue weighted by Gasteiger charge is -2.16. The molecule has 0 radical (unpaired) electrons. The summed E-state index contributed by atoms with van der Waals surface area (Å²) < 4.78 is 11.0. The van der Waals surface area contributed by atoms with E-state index in [1.165, 1.54) is 0 Å². The lowest BCUT2D eigenvalue weighted by molar-refractivity contribution is -0.757. The highest BCUT2D eigenvalue weighted by Crippen LogP contribution is 2.24. The lowest BCUT2D eigenvalue weighted by atomic mass is 10.2. The summed E-state index contributed by atoms with van der Waals surface area (Å²) in [7, 11) is 0.